The van der Waals surface area contributed by atoms with Gasteiger partial charge in [-0.2, -0.15) is 0 Å². The fraction of sp³-hybridized carbons (Fsp3) is 0.500. The van der Waals surface area contributed by atoms with Crippen LogP contribution in [0.1, 0.15) is 26.7 Å². The Hall–Kier alpha value is -1.91. The largest absolute Gasteiger partial charge is 0.354 e. The van der Waals surface area contributed by atoms with Crippen molar-refractivity contribution < 1.29 is 4.79 Å². The Morgan fingerprint density at radius 2 is 2.16 bits per heavy atom. The number of fused-ring (bicyclic) bond motifs is 1. The average Bonchev–Trinajstić information content (AvgIpc) is 2.78. The first-order valence-electron chi connectivity index (χ1n) is 6.71. The van der Waals surface area contributed by atoms with Crippen molar-refractivity contribution in [2.45, 2.75) is 33.2 Å². The molecule has 0 spiro atoms. The highest BCUT2D eigenvalue weighted by molar-refractivity contribution is 5.79. The number of hydrogen-bond acceptors (Lipinski definition) is 3. The lowest BCUT2D eigenvalue weighted by atomic mass is 10.1. The molecule has 2 aromatic rings. The van der Waals surface area contributed by atoms with E-state index in [4.69, 9.17) is 0 Å². The number of nitrogens with zero attached hydrogens (tertiary/aromatic N) is 3. The molecule has 5 heteroatoms. The van der Waals surface area contributed by atoms with Gasteiger partial charge in [0.1, 0.15) is 12.1 Å². The topological polar surface area (TPSA) is 59.8 Å². The molecule has 1 aromatic heterocycles. The summed E-state index contributed by atoms with van der Waals surface area (Å²) in [5.41, 5.74) is 1.70. The standard InChI is InChI=1S/C14H20N4O/c1-11(2)6-5-9-15-14(19)10-18-13-8-4-3-7-12(13)16-17-18/h3-4,7-8,11H,5-6,9-10H2,1-2H3,(H,15,19). The van der Waals surface area contributed by atoms with Crippen LogP contribution in [0, 0.1) is 5.92 Å². The molecule has 0 aliphatic rings. The molecule has 19 heavy (non-hydrogen) atoms. The van der Waals surface area contributed by atoms with Gasteiger partial charge in [0, 0.05) is 6.54 Å². The van der Waals surface area contributed by atoms with Gasteiger partial charge in [-0.05, 0) is 30.9 Å². The minimum absolute atomic E-state index is 0.0144. The van der Waals surface area contributed by atoms with E-state index in [0.717, 1.165) is 30.4 Å². The maximum absolute atomic E-state index is 11.8. The van der Waals surface area contributed by atoms with Crippen LogP contribution in [0.5, 0.6) is 0 Å². The fourth-order valence-electron chi connectivity index (χ4n) is 1.96. The third kappa shape index (κ3) is 3.77. The molecular formula is C14H20N4O. The lowest BCUT2D eigenvalue weighted by molar-refractivity contribution is -0.121. The van der Waals surface area contributed by atoms with Gasteiger partial charge in [-0.3, -0.25) is 4.79 Å². The Balaban J connectivity index is 1.85. The van der Waals surface area contributed by atoms with Crippen molar-refractivity contribution in [3.63, 3.8) is 0 Å². The van der Waals surface area contributed by atoms with Crippen LogP contribution in [0.2, 0.25) is 0 Å². The van der Waals surface area contributed by atoms with Gasteiger partial charge < -0.3 is 5.32 Å². The van der Waals surface area contributed by atoms with E-state index in [-0.39, 0.29) is 12.5 Å². The smallest absolute Gasteiger partial charge is 0.241 e. The first kappa shape index (κ1) is 13.5. The predicted molar refractivity (Wildman–Crippen MR) is 74.6 cm³/mol. The monoisotopic (exact) mass is 260 g/mol. The Bertz CT molecular complexity index is 547. The van der Waals surface area contributed by atoms with Gasteiger partial charge in [-0.15, -0.1) is 5.10 Å². The van der Waals surface area contributed by atoms with Crippen LogP contribution in [0.3, 0.4) is 0 Å². The number of rotatable bonds is 6. The predicted octanol–water partition coefficient (Wildman–Crippen LogP) is 1.98. The molecule has 0 bridgehead atoms. The van der Waals surface area contributed by atoms with Crippen molar-refractivity contribution in [2.75, 3.05) is 6.54 Å². The van der Waals surface area contributed by atoms with Crippen LogP contribution in [0.4, 0.5) is 0 Å². The van der Waals surface area contributed by atoms with Crippen LogP contribution < -0.4 is 5.32 Å². The van der Waals surface area contributed by atoms with E-state index in [0.29, 0.717) is 5.92 Å². The Morgan fingerprint density at radius 3 is 2.95 bits per heavy atom. The molecule has 0 saturated heterocycles. The molecule has 0 fully saturated rings. The van der Waals surface area contributed by atoms with E-state index < -0.39 is 0 Å². The average molecular weight is 260 g/mol. The van der Waals surface area contributed by atoms with Crippen molar-refractivity contribution in [3.8, 4) is 0 Å². The third-order valence-electron chi connectivity index (χ3n) is 2.99. The summed E-state index contributed by atoms with van der Waals surface area (Å²) in [5, 5.41) is 10.9. The minimum atomic E-state index is -0.0144. The normalized spacial score (nSPS) is 11.1. The highest BCUT2D eigenvalue weighted by Gasteiger charge is 2.07. The lowest BCUT2D eigenvalue weighted by Crippen LogP contribution is -2.29. The molecule has 1 amide bonds. The Labute approximate surface area is 113 Å². The molecule has 0 radical (unpaired) electrons. The zero-order chi connectivity index (χ0) is 13.7. The van der Waals surface area contributed by atoms with Gasteiger partial charge in [0.05, 0.1) is 5.52 Å². The molecule has 0 aliphatic carbocycles. The zero-order valence-corrected chi connectivity index (χ0v) is 11.5. The van der Waals surface area contributed by atoms with E-state index >= 15 is 0 Å². The van der Waals surface area contributed by atoms with E-state index in [2.05, 4.69) is 29.5 Å². The van der Waals surface area contributed by atoms with Crippen molar-refractivity contribution in [1.29, 1.82) is 0 Å². The molecule has 0 atom stereocenters. The maximum atomic E-state index is 11.8. The van der Waals surface area contributed by atoms with Gasteiger partial charge >= 0.3 is 0 Å². The molecule has 102 valence electrons. The molecule has 2 rings (SSSR count). The van der Waals surface area contributed by atoms with Crippen molar-refractivity contribution >= 4 is 16.9 Å². The first-order chi connectivity index (χ1) is 9.16. The molecule has 1 N–H and O–H groups in total. The number of aromatic nitrogens is 3. The van der Waals surface area contributed by atoms with Gasteiger partial charge in [-0.25, -0.2) is 4.68 Å². The van der Waals surface area contributed by atoms with Crippen molar-refractivity contribution in [3.05, 3.63) is 24.3 Å². The summed E-state index contributed by atoms with van der Waals surface area (Å²) in [7, 11) is 0. The van der Waals surface area contributed by atoms with Crippen LogP contribution in [-0.2, 0) is 11.3 Å². The van der Waals surface area contributed by atoms with Gasteiger partial charge in [-0.1, -0.05) is 31.2 Å². The number of para-hydroxylation sites is 1. The van der Waals surface area contributed by atoms with E-state index in [1.54, 1.807) is 4.68 Å². The summed E-state index contributed by atoms with van der Waals surface area (Å²) in [6, 6.07) is 7.64. The van der Waals surface area contributed by atoms with Gasteiger partial charge in [0.15, 0.2) is 0 Å². The molecule has 1 aromatic carbocycles. The van der Waals surface area contributed by atoms with Crippen LogP contribution >= 0.6 is 0 Å². The molecule has 0 unspecified atom stereocenters. The highest BCUT2D eigenvalue weighted by atomic mass is 16.2. The SMILES string of the molecule is CC(C)CCCNC(=O)Cn1nnc2ccccc21. The Morgan fingerprint density at radius 1 is 1.37 bits per heavy atom. The van der Waals surface area contributed by atoms with Crippen LogP contribution in [-0.4, -0.2) is 27.4 Å². The summed E-state index contributed by atoms with van der Waals surface area (Å²) in [6.45, 7) is 5.32. The quantitative estimate of drug-likeness (QED) is 0.808. The summed E-state index contributed by atoms with van der Waals surface area (Å²) in [6.07, 6.45) is 2.15. The number of nitrogens with one attached hydrogen (secondary N) is 1. The number of amides is 1. The third-order valence-corrected chi connectivity index (χ3v) is 2.99. The van der Waals surface area contributed by atoms with E-state index in [1.807, 2.05) is 24.3 Å². The summed E-state index contributed by atoms with van der Waals surface area (Å²) < 4.78 is 1.63. The number of carbonyl (C=O) groups is 1. The highest BCUT2D eigenvalue weighted by Crippen LogP contribution is 2.09. The summed E-state index contributed by atoms with van der Waals surface area (Å²) >= 11 is 0. The molecule has 1 heterocycles. The molecular weight excluding hydrogens is 240 g/mol. The van der Waals surface area contributed by atoms with Gasteiger partial charge in [0.25, 0.3) is 0 Å². The van der Waals surface area contributed by atoms with Crippen molar-refractivity contribution in [1.82, 2.24) is 20.3 Å². The number of carbonyl (C=O) groups excluding carboxylic acids is 1. The second-order valence-corrected chi connectivity index (χ2v) is 5.12. The van der Waals surface area contributed by atoms with Gasteiger partial charge in [0.2, 0.25) is 5.91 Å². The number of hydrogen-bond donors (Lipinski definition) is 1. The lowest BCUT2D eigenvalue weighted by Gasteiger charge is -2.07. The second-order valence-electron chi connectivity index (χ2n) is 5.12. The van der Waals surface area contributed by atoms with Crippen LogP contribution in [0.15, 0.2) is 24.3 Å². The number of benzene rings is 1. The van der Waals surface area contributed by atoms with E-state index in [9.17, 15) is 4.79 Å². The maximum Gasteiger partial charge on any atom is 0.241 e. The summed E-state index contributed by atoms with van der Waals surface area (Å²) in [5.74, 6) is 0.663. The minimum Gasteiger partial charge on any atom is -0.354 e. The second kappa shape index (κ2) is 6.31. The fourth-order valence-corrected chi connectivity index (χ4v) is 1.96. The molecule has 5 nitrogen and oxygen atoms in total. The Kier molecular flexibility index (Phi) is 4.49. The molecule has 0 aliphatic heterocycles. The van der Waals surface area contributed by atoms with Crippen LogP contribution in [0.25, 0.3) is 11.0 Å². The summed E-state index contributed by atoms with van der Waals surface area (Å²) in [4.78, 5) is 11.8. The zero-order valence-electron chi connectivity index (χ0n) is 11.5. The first-order valence-corrected chi connectivity index (χ1v) is 6.71. The van der Waals surface area contributed by atoms with E-state index in [1.165, 1.54) is 0 Å². The van der Waals surface area contributed by atoms with Crippen molar-refractivity contribution in [2.24, 2.45) is 5.92 Å². The molecule has 0 saturated carbocycles.